The Morgan fingerprint density at radius 1 is 0.754 bits per heavy atom. The van der Waals surface area contributed by atoms with E-state index in [4.69, 9.17) is 28.9 Å². The van der Waals surface area contributed by atoms with Crippen molar-refractivity contribution in [1.82, 2.24) is 44.9 Å². The number of halogens is 1. The standard InChI is InChI=1S/C51H56FN9O8/c1-26(2)43(57-50(64)66-5)47(62)59-16-7-9-37(59)45-53-24-34(55-45)29-13-14-36-32(19-29)21-39-42-33(52)20-31(23-41(42)69-49(61(36)39)30-12-11-28-15-18-68-40(28)22-30)35-25-54-46(56-35)38-10-8-17-60(38)48(63)44(27(3)4)58-51(65)67-6/h11-14,19-27,37-38,43-44,49H,7-10,15-18H2,1-6H3,(H,53,55)(H,54,56)(H,57,64)(H,58,65)/t37-,38-,43-,44-,49?/m0/s1. The number of ether oxygens (including phenoxy) is 4. The molecule has 69 heavy (non-hydrogen) atoms. The fraction of sp³-hybridized carbons (Fsp3) is 0.412. The Bertz CT molecular complexity index is 2980. The molecule has 3 aromatic carbocycles. The first-order valence-corrected chi connectivity index (χ1v) is 23.6. The van der Waals surface area contributed by atoms with Crippen molar-refractivity contribution in [3.63, 3.8) is 0 Å². The minimum absolute atomic E-state index is 0.158. The second kappa shape index (κ2) is 18.3. The monoisotopic (exact) mass is 941 g/mol. The maximum atomic E-state index is 17.0. The number of aromatic amines is 2. The van der Waals surface area contributed by atoms with Gasteiger partial charge in [-0.1, -0.05) is 45.9 Å². The van der Waals surface area contributed by atoms with Crippen molar-refractivity contribution in [2.75, 3.05) is 33.9 Å². The molecule has 4 amide bonds. The van der Waals surface area contributed by atoms with Crippen LogP contribution in [0.25, 0.3) is 44.7 Å². The summed E-state index contributed by atoms with van der Waals surface area (Å²) in [5.74, 6) is 1.13. The Morgan fingerprint density at radius 3 is 1.96 bits per heavy atom. The normalized spacial score (nSPS) is 19.2. The van der Waals surface area contributed by atoms with E-state index in [9.17, 15) is 19.2 Å². The van der Waals surface area contributed by atoms with Gasteiger partial charge in [-0.05, 0) is 79.5 Å². The number of nitrogens with zero attached hydrogens (tertiary/aromatic N) is 5. The van der Waals surface area contributed by atoms with Crippen LogP contribution in [-0.4, -0.2) is 104 Å². The third-order valence-electron chi connectivity index (χ3n) is 13.9. The van der Waals surface area contributed by atoms with Gasteiger partial charge in [0.2, 0.25) is 18.0 Å². The molecule has 4 aliphatic rings. The van der Waals surface area contributed by atoms with E-state index in [2.05, 4.69) is 26.7 Å². The van der Waals surface area contributed by atoms with E-state index >= 15 is 4.39 Å². The lowest BCUT2D eigenvalue weighted by Gasteiger charge is -2.31. The van der Waals surface area contributed by atoms with Crippen molar-refractivity contribution >= 4 is 34.9 Å². The molecule has 10 rings (SSSR count). The molecule has 2 saturated heterocycles. The molecular weight excluding hydrogens is 886 g/mol. The number of methoxy groups -OCH3 is 2. The highest BCUT2D eigenvalue weighted by atomic mass is 19.1. The van der Waals surface area contributed by atoms with Crippen LogP contribution in [0, 0.1) is 17.7 Å². The molecule has 0 saturated carbocycles. The van der Waals surface area contributed by atoms with Crippen LogP contribution in [0.2, 0.25) is 0 Å². The Kier molecular flexibility index (Phi) is 12.0. The molecule has 4 N–H and O–H groups in total. The summed E-state index contributed by atoms with van der Waals surface area (Å²) in [5, 5.41) is 6.24. The van der Waals surface area contributed by atoms with Gasteiger partial charge in [-0.15, -0.1) is 0 Å². The number of imidazole rings is 2. The molecule has 2 fully saturated rings. The number of rotatable bonds is 11. The number of carbonyl (C=O) groups is 4. The molecule has 18 heteroatoms. The Hall–Kier alpha value is -7.37. The van der Waals surface area contributed by atoms with Gasteiger partial charge in [0.1, 0.15) is 41.0 Å². The van der Waals surface area contributed by atoms with Crippen LogP contribution in [0.5, 0.6) is 11.5 Å². The minimum Gasteiger partial charge on any atom is -0.493 e. The Labute approximate surface area is 398 Å². The fourth-order valence-corrected chi connectivity index (χ4v) is 10.3. The Morgan fingerprint density at radius 2 is 1.36 bits per heavy atom. The number of fused-ring (bicyclic) bond motifs is 6. The van der Waals surface area contributed by atoms with Crippen LogP contribution >= 0.6 is 0 Å². The average Bonchev–Trinajstić information content (AvgIpc) is 4.20. The lowest BCUT2D eigenvalue weighted by molar-refractivity contribution is -0.136. The number of aromatic nitrogens is 5. The summed E-state index contributed by atoms with van der Waals surface area (Å²) in [4.78, 5) is 71.8. The summed E-state index contributed by atoms with van der Waals surface area (Å²) >= 11 is 0. The van der Waals surface area contributed by atoms with Gasteiger partial charge in [0, 0.05) is 41.6 Å². The van der Waals surface area contributed by atoms with Crippen molar-refractivity contribution in [3.05, 3.63) is 95.6 Å². The third-order valence-corrected chi connectivity index (χ3v) is 13.9. The summed E-state index contributed by atoms with van der Waals surface area (Å²) in [6, 6.07) is 15.2. The predicted octanol–water partition coefficient (Wildman–Crippen LogP) is 8.19. The molecule has 0 spiro atoms. The summed E-state index contributed by atoms with van der Waals surface area (Å²) in [6.45, 7) is 9.14. The molecule has 360 valence electrons. The number of nitrogens with one attached hydrogen (secondary N) is 4. The van der Waals surface area contributed by atoms with Gasteiger partial charge in [0.15, 0.2) is 0 Å². The van der Waals surface area contributed by atoms with E-state index < -0.39 is 36.3 Å². The molecule has 3 aromatic heterocycles. The van der Waals surface area contributed by atoms with Crippen LogP contribution in [-0.2, 0) is 25.5 Å². The van der Waals surface area contributed by atoms with Crippen LogP contribution in [0.3, 0.4) is 0 Å². The van der Waals surface area contributed by atoms with Crippen LogP contribution in [0.4, 0.5) is 14.0 Å². The van der Waals surface area contributed by atoms with Crippen LogP contribution < -0.4 is 20.1 Å². The number of hydrogen-bond donors (Lipinski definition) is 4. The first kappa shape index (κ1) is 45.4. The van der Waals surface area contributed by atoms with Crippen molar-refractivity contribution in [2.24, 2.45) is 11.8 Å². The molecule has 0 aliphatic carbocycles. The smallest absolute Gasteiger partial charge is 0.407 e. The van der Waals surface area contributed by atoms with E-state index in [1.165, 1.54) is 20.3 Å². The number of likely N-dealkylation sites (tertiary alicyclic amines) is 2. The highest BCUT2D eigenvalue weighted by Gasteiger charge is 2.40. The minimum atomic E-state index is -0.778. The van der Waals surface area contributed by atoms with Gasteiger partial charge in [-0.25, -0.2) is 23.9 Å². The van der Waals surface area contributed by atoms with Gasteiger partial charge in [0.25, 0.3) is 0 Å². The molecule has 17 nitrogen and oxygen atoms in total. The number of benzene rings is 3. The highest BCUT2D eigenvalue weighted by Crippen LogP contribution is 2.48. The maximum absolute atomic E-state index is 17.0. The van der Waals surface area contributed by atoms with Crippen molar-refractivity contribution < 1.29 is 42.5 Å². The molecule has 0 bridgehead atoms. The van der Waals surface area contributed by atoms with Gasteiger partial charge >= 0.3 is 12.2 Å². The van der Waals surface area contributed by atoms with E-state index in [0.29, 0.717) is 72.5 Å². The van der Waals surface area contributed by atoms with E-state index in [1.54, 1.807) is 22.2 Å². The zero-order valence-corrected chi connectivity index (χ0v) is 39.4. The number of amides is 4. The second-order valence-corrected chi connectivity index (χ2v) is 18.9. The second-order valence-electron chi connectivity index (χ2n) is 18.9. The number of hydrogen-bond acceptors (Lipinski definition) is 10. The van der Waals surface area contributed by atoms with E-state index in [0.717, 1.165) is 58.3 Å². The maximum Gasteiger partial charge on any atom is 0.407 e. The first-order chi connectivity index (χ1) is 33.3. The van der Waals surface area contributed by atoms with Crippen LogP contribution in [0.1, 0.15) is 94.5 Å². The lowest BCUT2D eigenvalue weighted by Crippen LogP contribution is -2.51. The summed E-state index contributed by atoms with van der Waals surface area (Å²) in [6.07, 6.45) is 5.14. The molecule has 0 radical (unpaired) electrons. The lowest BCUT2D eigenvalue weighted by atomic mass is 10.0. The molecule has 4 aliphatic heterocycles. The summed E-state index contributed by atoms with van der Waals surface area (Å²) in [7, 11) is 2.54. The summed E-state index contributed by atoms with van der Waals surface area (Å²) < 4.78 is 41.4. The molecule has 6 aromatic rings. The van der Waals surface area contributed by atoms with Crippen molar-refractivity contribution in [2.45, 2.75) is 90.2 Å². The molecule has 1 unspecified atom stereocenters. The molecule has 7 heterocycles. The quantitative estimate of drug-likeness (QED) is 0.0983. The number of H-pyrrole nitrogens is 2. The SMILES string of the molecule is COC(=O)N[C@H](C(=O)N1CCC[C@H]1c1ncc(-c2cc(F)c3c(c2)OC(c2ccc4c(c2)OCC4)n2c-3cc3cc(-c4cnc([C@@H]5CCCN5C(=O)[C@@H](NC(=O)OC)C(C)C)[nH]4)ccc32)[nH]1)C(C)C. The molecule has 5 atom stereocenters. The zero-order chi connectivity index (χ0) is 48.2. The first-order valence-electron chi connectivity index (χ1n) is 23.6. The van der Waals surface area contributed by atoms with E-state index in [-0.39, 0.29) is 35.7 Å². The highest BCUT2D eigenvalue weighted by molar-refractivity contribution is 5.93. The van der Waals surface area contributed by atoms with Crippen LogP contribution in [0.15, 0.2) is 67.0 Å². The Balaban J connectivity index is 0.975. The van der Waals surface area contributed by atoms with Crippen molar-refractivity contribution in [1.29, 1.82) is 0 Å². The van der Waals surface area contributed by atoms with Gasteiger partial charge in [0.05, 0.1) is 73.5 Å². The average molecular weight is 942 g/mol. The van der Waals surface area contributed by atoms with E-state index in [1.807, 2.05) is 74.7 Å². The summed E-state index contributed by atoms with van der Waals surface area (Å²) in [5.41, 5.74) is 6.41. The topological polar surface area (TPSA) is 198 Å². The van der Waals surface area contributed by atoms with Crippen molar-refractivity contribution in [3.8, 4) is 45.3 Å². The van der Waals surface area contributed by atoms with Gasteiger partial charge < -0.3 is 53.9 Å². The third kappa shape index (κ3) is 8.28. The number of alkyl carbamates (subject to hydrolysis) is 2. The zero-order valence-electron chi connectivity index (χ0n) is 39.4. The largest absolute Gasteiger partial charge is 0.493 e. The fourth-order valence-electron chi connectivity index (χ4n) is 10.3. The number of carbonyl (C=O) groups excluding carboxylic acids is 4. The predicted molar refractivity (Wildman–Crippen MR) is 253 cm³/mol. The van der Waals surface area contributed by atoms with Gasteiger partial charge in [-0.3, -0.25) is 9.59 Å². The molecular formula is C51H56FN9O8. The van der Waals surface area contributed by atoms with Gasteiger partial charge in [-0.2, -0.15) is 0 Å².